The minimum Gasteiger partial charge on any atom is -0.390 e. The Balaban J connectivity index is 2.35. The summed E-state index contributed by atoms with van der Waals surface area (Å²) in [5.74, 6) is 0.586. The fourth-order valence-corrected chi connectivity index (χ4v) is 1.33. The fourth-order valence-electron chi connectivity index (χ4n) is 1.33. The van der Waals surface area contributed by atoms with Gasteiger partial charge in [0, 0.05) is 0 Å². The van der Waals surface area contributed by atoms with Gasteiger partial charge in [0.2, 0.25) is 0 Å². The Kier molecular flexibility index (Phi) is 2.09. The van der Waals surface area contributed by atoms with Gasteiger partial charge in [0.05, 0.1) is 12.2 Å². The zero-order chi connectivity index (χ0) is 6.85. The molecule has 0 aromatic rings. The summed E-state index contributed by atoms with van der Waals surface area (Å²) in [6, 6.07) is 0. The lowest BCUT2D eigenvalue weighted by atomic mass is 9.87. The smallest absolute Gasteiger partial charge is 0.0801 e. The van der Waals surface area contributed by atoms with E-state index < -0.39 is 12.2 Å². The molecule has 1 aliphatic carbocycles. The molecule has 0 bridgehead atoms. The van der Waals surface area contributed by atoms with Crippen LogP contribution in [0.4, 0.5) is 0 Å². The summed E-state index contributed by atoms with van der Waals surface area (Å²) < 4.78 is 0. The average molecular weight is 130 g/mol. The van der Waals surface area contributed by atoms with Gasteiger partial charge in [-0.2, -0.15) is 0 Å². The van der Waals surface area contributed by atoms with E-state index in [0.717, 1.165) is 19.3 Å². The topological polar surface area (TPSA) is 40.5 Å². The normalized spacial score (nSPS) is 45.0. The molecule has 0 saturated heterocycles. The molecule has 0 spiro atoms. The van der Waals surface area contributed by atoms with Gasteiger partial charge in [-0.1, -0.05) is 6.92 Å². The van der Waals surface area contributed by atoms with Crippen LogP contribution in [0.5, 0.6) is 0 Å². The Morgan fingerprint density at radius 2 is 1.78 bits per heavy atom. The summed E-state index contributed by atoms with van der Waals surface area (Å²) >= 11 is 0. The first-order valence-corrected chi connectivity index (χ1v) is 3.56. The second kappa shape index (κ2) is 2.67. The molecule has 54 valence electrons. The maximum absolute atomic E-state index is 9.10. The molecule has 0 radical (unpaired) electrons. The zero-order valence-corrected chi connectivity index (χ0v) is 5.75. The quantitative estimate of drug-likeness (QED) is 0.502. The lowest BCUT2D eigenvalue weighted by Crippen LogP contribution is -2.32. The molecular formula is C7H14O2. The number of hydrogen-bond donors (Lipinski definition) is 2. The van der Waals surface area contributed by atoms with Crippen molar-refractivity contribution in [2.45, 2.75) is 38.4 Å². The summed E-state index contributed by atoms with van der Waals surface area (Å²) in [6.07, 6.45) is 1.66. The van der Waals surface area contributed by atoms with Crippen molar-refractivity contribution in [3.05, 3.63) is 0 Å². The fraction of sp³-hybridized carbons (Fsp3) is 1.00. The highest BCUT2D eigenvalue weighted by molar-refractivity contribution is 4.76. The first-order chi connectivity index (χ1) is 4.20. The number of hydrogen-bond acceptors (Lipinski definition) is 2. The third kappa shape index (κ3) is 1.66. The van der Waals surface area contributed by atoms with Crippen molar-refractivity contribution < 1.29 is 10.2 Å². The van der Waals surface area contributed by atoms with E-state index in [1.54, 1.807) is 0 Å². The minimum absolute atomic E-state index is 0.457. The molecule has 2 N–H and O–H groups in total. The predicted molar refractivity (Wildman–Crippen MR) is 35.0 cm³/mol. The van der Waals surface area contributed by atoms with Crippen molar-refractivity contribution in [3.63, 3.8) is 0 Å². The molecule has 0 aromatic heterocycles. The van der Waals surface area contributed by atoms with Gasteiger partial charge in [-0.25, -0.2) is 0 Å². The molecule has 2 nitrogen and oxygen atoms in total. The van der Waals surface area contributed by atoms with Crippen molar-refractivity contribution in [3.8, 4) is 0 Å². The average Bonchev–Trinajstić information content (AvgIpc) is 1.80. The molecule has 1 saturated carbocycles. The monoisotopic (exact) mass is 130 g/mol. The van der Waals surface area contributed by atoms with Gasteiger partial charge >= 0.3 is 0 Å². The largest absolute Gasteiger partial charge is 0.390 e. The van der Waals surface area contributed by atoms with Crippen LogP contribution >= 0.6 is 0 Å². The van der Waals surface area contributed by atoms with Crippen LogP contribution in [-0.4, -0.2) is 22.4 Å². The van der Waals surface area contributed by atoms with Crippen LogP contribution in [0, 0.1) is 5.92 Å². The Morgan fingerprint density at radius 1 is 1.11 bits per heavy atom. The van der Waals surface area contributed by atoms with E-state index in [-0.39, 0.29) is 0 Å². The Labute approximate surface area is 55.5 Å². The van der Waals surface area contributed by atoms with Crippen molar-refractivity contribution >= 4 is 0 Å². The van der Waals surface area contributed by atoms with E-state index in [1.807, 2.05) is 0 Å². The van der Waals surface area contributed by atoms with Gasteiger partial charge < -0.3 is 10.2 Å². The molecule has 1 fully saturated rings. The molecule has 1 rings (SSSR count). The molecule has 1 aliphatic rings. The van der Waals surface area contributed by atoms with Gasteiger partial charge in [-0.3, -0.25) is 0 Å². The van der Waals surface area contributed by atoms with Crippen LogP contribution in [0.25, 0.3) is 0 Å². The predicted octanol–water partition coefficient (Wildman–Crippen LogP) is 0.528. The lowest BCUT2D eigenvalue weighted by molar-refractivity contribution is -0.0226. The van der Waals surface area contributed by atoms with Crippen LogP contribution in [-0.2, 0) is 0 Å². The summed E-state index contributed by atoms with van der Waals surface area (Å²) in [4.78, 5) is 0. The molecule has 0 amide bonds. The van der Waals surface area contributed by atoms with E-state index in [1.165, 1.54) is 0 Å². The second-order valence-electron chi connectivity index (χ2n) is 3.05. The lowest BCUT2D eigenvalue weighted by Gasteiger charge is -2.27. The maximum atomic E-state index is 9.10. The van der Waals surface area contributed by atoms with Crippen molar-refractivity contribution in [1.82, 2.24) is 0 Å². The molecule has 2 unspecified atom stereocenters. The van der Waals surface area contributed by atoms with Crippen molar-refractivity contribution in [2.75, 3.05) is 0 Å². The Hall–Kier alpha value is -0.0800. The van der Waals surface area contributed by atoms with E-state index in [0.29, 0.717) is 5.92 Å². The van der Waals surface area contributed by atoms with E-state index in [2.05, 4.69) is 6.92 Å². The second-order valence-corrected chi connectivity index (χ2v) is 3.05. The summed E-state index contributed by atoms with van der Waals surface area (Å²) in [5.41, 5.74) is 0. The van der Waals surface area contributed by atoms with Gasteiger partial charge in [0.15, 0.2) is 0 Å². The molecule has 0 heterocycles. The highest BCUT2D eigenvalue weighted by Gasteiger charge is 2.24. The van der Waals surface area contributed by atoms with Gasteiger partial charge in [-0.05, 0) is 25.2 Å². The molecular weight excluding hydrogens is 116 g/mol. The van der Waals surface area contributed by atoms with Crippen LogP contribution < -0.4 is 0 Å². The highest BCUT2D eigenvalue weighted by Crippen LogP contribution is 2.23. The number of aliphatic hydroxyl groups excluding tert-OH is 2. The van der Waals surface area contributed by atoms with Crippen LogP contribution in [0.1, 0.15) is 26.2 Å². The molecule has 2 heteroatoms. The first-order valence-electron chi connectivity index (χ1n) is 3.56. The highest BCUT2D eigenvalue weighted by atomic mass is 16.3. The number of aliphatic hydroxyl groups is 2. The third-order valence-corrected chi connectivity index (χ3v) is 2.04. The third-order valence-electron chi connectivity index (χ3n) is 2.04. The van der Waals surface area contributed by atoms with Crippen molar-refractivity contribution in [2.24, 2.45) is 5.92 Å². The SMILES string of the molecule is CC1CC[C@@H](O)C(O)C1. The maximum Gasteiger partial charge on any atom is 0.0801 e. The van der Waals surface area contributed by atoms with Crippen molar-refractivity contribution in [1.29, 1.82) is 0 Å². The summed E-state index contributed by atoms with van der Waals surface area (Å²) in [6.45, 7) is 2.11. The molecule has 3 atom stereocenters. The van der Waals surface area contributed by atoms with Gasteiger partial charge in [0.25, 0.3) is 0 Å². The van der Waals surface area contributed by atoms with Gasteiger partial charge in [0.1, 0.15) is 0 Å². The van der Waals surface area contributed by atoms with Crippen LogP contribution in [0.2, 0.25) is 0 Å². The molecule has 0 aliphatic heterocycles. The molecule has 0 aromatic carbocycles. The van der Waals surface area contributed by atoms with Crippen LogP contribution in [0.15, 0.2) is 0 Å². The zero-order valence-electron chi connectivity index (χ0n) is 5.75. The van der Waals surface area contributed by atoms with Gasteiger partial charge in [-0.15, -0.1) is 0 Å². The number of rotatable bonds is 0. The van der Waals surface area contributed by atoms with E-state index in [4.69, 9.17) is 10.2 Å². The summed E-state index contributed by atoms with van der Waals surface area (Å²) in [7, 11) is 0. The Bertz CT molecular complexity index is 92.9. The summed E-state index contributed by atoms with van der Waals surface area (Å²) in [5, 5.41) is 18.1. The Morgan fingerprint density at radius 3 is 2.22 bits per heavy atom. The molecule has 9 heavy (non-hydrogen) atoms. The minimum atomic E-state index is -0.464. The standard InChI is InChI=1S/C7H14O2/c1-5-2-3-6(8)7(9)4-5/h5-9H,2-4H2,1H3/t5?,6-,7?/m1/s1. The van der Waals surface area contributed by atoms with E-state index >= 15 is 0 Å². The first kappa shape index (κ1) is 7.03. The van der Waals surface area contributed by atoms with E-state index in [9.17, 15) is 0 Å². The van der Waals surface area contributed by atoms with Crippen LogP contribution in [0.3, 0.4) is 0 Å².